The van der Waals surface area contributed by atoms with Crippen molar-refractivity contribution in [1.29, 1.82) is 5.26 Å². The Labute approximate surface area is 133 Å². The molecule has 2 N–H and O–H groups in total. The Balaban J connectivity index is 2.00. The van der Waals surface area contributed by atoms with Gasteiger partial charge in [-0.05, 0) is 30.3 Å². The largest absolute Gasteiger partial charge is 0.465 e. The van der Waals surface area contributed by atoms with Crippen molar-refractivity contribution in [3.05, 3.63) is 59.7 Å². The standard InChI is InChI=1S/C17H15N3O3/c1-23-17(22)14-7-2-3-8-15(14)20-16(21)11-19-13-6-4-5-12(9-13)10-18/h2-9,19H,11H2,1H3,(H,20,21). The Bertz CT molecular complexity index is 766. The van der Waals surface area contributed by atoms with Gasteiger partial charge in [0.1, 0.15) is 0 Å². The van der Waals surface area contributed by atoms with Gasteiger partial charge in [0.2, 0.25) is 5.91 Å². The smallest absolute Gasteiger partial charge is 0.339 e. The van der Waals surface area contributed by atoms with Crippen LogP contribution in [0.4, 0.5) is 11.4 Å². The fourth-order valence-corrected chi connectivity index (χ4v) is 1.96. The summed E-state index contributed by atoms with van der Waals surface area (Å²) in [6, 6.07) is 15.4. The maximum absolute atomic E-state index is 12.0. The van der Waals surface area contributed by atoms with Gasteiger partial charge in [-0.25, -0.2) is 4.79 Å². The summed E-state index contributed by atoms with van der Waals surface area (Å²) in [5, 5.41) is 14.4. The van der Waals surface area contributed by atoms with Gasteiger partial charge in [0.05, 0.1) is 36.5 Å². The highest BCUT2D eigenvalue weighted by atomic mass is 16.5. The SMILES string of the molecule is COC(=O)c1ccccc1NC(=O)CNc1cccc(C#N)c1. The van der Waals surface area contributed by atoms with Gasteiger partial charge in [0.25, 0.3) is 0 Å². The maximum Gasteiger partial charge on any atom is 0.339 e. The Kier molecular flexibility index (Phi) is 5.31. The number of amides is 1. The minimum Gasteiger partial charge on any atom is -0.465 e. The third kappa shape index (κ3) is 4.32. The van der Waals surface area contributed by atoms with E-state index in [1.54, 1.807) is 48.5 Å². The van der Waals surface area contributed by atoms with E-state index in [4.69, 9.17) is 5.26 Å². The van der Waals surface area contributed by atoms with E-state index in [1.165, 1.54) is 7.11 Å². The van der Waals surface area contributed by atoms with E-state index in [1.807, 2.05) is 6.07 Å². The summed E-state index contributed by atoms with van der Waals surface area (Å²) in [6.07, 6.45) is 0. The van der Waals surface area contributed by atoms with E-state index in [-0.39, 0.29) is 18.0 Å². The number of rotatable bonds is 5. The van der Waals surface area contributed by atoms with E-state index in [0.717, 1.165) is 0 Å². The Morgan fingerprint density at radius 2 is 1.96 bits per heavy atom. The summed E-state index contributed by atoms with van der Waals surface area (Å²) in [7, 11) is 1.28. The van der Waals surface area contributed by atoms with E-state index < -0.39 is 5.97 Å². The summed E-state index contributed by atoms with van der Waals surface area (Å²) in [5.41, 5.74) is 1.85. The third-order valence-electron chi connectivity index (χ3n) is 3.05. The Hall–Kier alpha value is -3.33. The molecule has 0 bridgehead atoms. The first-order chi connectivity index (χ1) is 11.1. The Morgan fingerprint density at radius 1 is 1.17 bits per heavy atom. The zero-order valence-corrected chi connectivity index (χ0v) is 12.5. The molecule has 0 aliphatic carbocycles. The average molecular weight is 309 g/mol. The average Bonchev–Trinajstić information content (AvgIpc) is 2.60. The first-order valence-electron chi connectivity index (χ1n) is 6.85. The van der Waals surface area contributed by atoms with Gasteiger partial charge in [-0.1, -0.05) is 18.2 Å². The highest BCUT2D eigenvalue weighted by Gasteiger charge is 2.13. The van der Waals surface area contributed by atoms with Crippen molar-refractivity contribution < 1.29 is 14.3 Å². The minimum absolute atomic E-state index is 0.00435. The zero-order valence-electron chi connectivity index (χ0n) is 12.5. The lowest BCUT2D eigenvalue weighted by molar-refractivity contribution is -0.114. The number of nitrogens with zero attached hydrogens (tertiary/aromatic N) is 1. The molecule has 0 aliphatic heterocycles. The van der Waals surface area contributed by atoms with Crippen molar-refractivity contribution in [1.82, 2.24) is 0 Å². The number of para-hydroxylation sites is 1. The van der Waals surface area contributed by atoms with Crippen LogP contribution in [0.3, 0.4) is 0 Å². The number of carbonyl (C=O) groups is 2. The number of anilines is 2. The van der Waals surface area contributed by atoms with Crippen molar-refractivity contribution in [2.45, 2.75) is 0 Å². The molecule has 0 saturated carbocycles. The lowest BCUT2D eigenvalue weighted by Crippen LogP contribution is -2.23. The molecule has 0 aromatic heterocycles. The monoisotopic (exact) mass is 309 g/mol. The topological polar surface area (TPSA) is 91.2 Å². The van der Waals surface area contributed by atoms with E-state index in [0.29, 0.717) is 16.9 Å². The van der Waals surface area contributed by atoms with Crippen LogP contribution in [0.15, 0.2) is 48.5 Å². The van der Waals surface area contributed by atoms with Crippen LogP contribution in [-0.2, 0) is 9.53 Å². The molecule has 0 atom stereocenters. The van der Waals surface area contributed by atoms with Crippen LogP contribution in [0.25, 0.3) is 0 Å². The van der Waals surface area contributed by atoms with Gasteiger partial charge < -0.3 is 15.4 Å². The number of ether oxygens (including phenoxy) is 1. The summed E-state index contributed by atoms with van der Waals surface area (Å²) in [6.45, 7) is 0.00435. The van der Waals surface area contributed by atoms with Crippen molar-refractivity contribution in [3.63, 3.8) is 0 Å². The van der Waals surface area contributed by atoms with E-state index >= 15 is 0 Å². The number of nitriles is 1. The molecule has 0 unspecified atom stereocenters. The van der Waals surface area contributed by atoms with Crippen molar-refractivity contribution in [3.8, 4) is 6.07 Å². The molecule has 0 saturated heterocycles. The summed E-state index contributed by atoms with van der Waals surface area (Å²) in [5.74, 6) is -0.834. The lowest BCUT2D eigenvalue weighted by atomic mass is 10.2. The highest BCUT2D eigenvalue weighted by molar-refractivity contribution is 6.02. The zero-order chi connectivity index (χ0) is 16.7. The number of nitrogens with one attached hydrogen (secondary N) is 2. The first kappa shape index (κ1) is 16.0. The molecule has 2 rings (SSSR count). The summed E-state index contributed by atoms with van der Waals surface area (Å²) < 4.78 is 4.68. The van der Waals surface area contributed by atoms with Crippen molar-refractivity contribution >= 4 is 23.3 Å². The van der Waals surface area contributed by atoms with E-state index in [9.17, 15) is 9.59 Å². The predicted octanol–water partition coefficient (Wildman–Crippen LogP) is 2.40. The molecule has 0 spiro atoms. The van der Waals surface area contributed by atoms with Gasteiger partial charge in [-0.15, -0.1) is 0 Å². The number of hydrogen-bond donors (Lipinski definition) is 2. The second kappa shape index (κ2) is 7.61. The molecule has 0 heterocycles. The number of benzene rings is 2. The molecule has 0 aliphatic rings. The second-order valence-corrected chi connectivity index (χ2v) is 4.63. The van der Waals surface area contributed by atoms with Crippen LogP contribution in [0.1, 0.15) is 15.9 Å². The minimum atomic E-state index is -0.518. The number of methoxy groups -OCH3 is 1. The summed E-state index contributed by atoms with van der Waals surface area (Å²) >= 11 is 0. The van der Waals surface area contributed by atoms with Crippen LogP contribution in [0, 0.1) is 11.3 Å². The molecule has 2 aromatic carbocycles. The molecular formula is C17H15N3O3. The van der Waals surface area contributed by atoms with Crippen LogP contribution in [0.2, 0.25) is 0 Å². The molecule has 1 amide bonds. The molecule has 0 fully saturated rings. The second-order valence-electron chi connectivity index (χ2n) is 4.63. The van der Waals surface area contributed by atoms with Crippen molar-refractivity contribution in [2.75, 3.05) is 24.3 Å². The molecule has 2 aromatic rings. The molecule has 6 heteroatoms. The highest BCUT2D eigenvalue weighted by Crippen LogP contribution is 2.16. The van der Waals surface area contributed by atoms with Gasteiger partial charge in [-0.3, -0.25) is 4.79 Å². The van der Waals surface area contributed by atoms with Crippen LogP contribution in [0.5, 0.6) is 0 Å². The fraction of sp³-hybridized carbons (Fsp3) is 0.118. The Morgan fingerprint density at radius 3 is 2.70 bits per heavy atom. The van der Waals surface area contributed by atoms with Crippen LogP contribution < -0.4 is 10.6 Å². The molecule has 0 radical (unpaired) electrons. The van der Waals surface area contributed by atoms with Gasteiger partial charge >= 0.3 is 5.97 Å². The van der Waals surface area contributed by atoms with Crippen LogP contribution in [-0.4, -0.2) is 25.5 Å². The molecular weight excluding hydrogens is 294 g/mol. The van der Waals surface area contributed by atoms with Gasteiger partial charge in [-0.2, -0.15) is 5.26 Å². The third-order valence-corrected chi connectivity index (χ3v) is 3.05. The molecule has 6 nitrogen and oxygen atoms in total. The summed E-state index contributed by atoms with van der Waals surface area (Å²) in [4.78, 5) is 23.7. The van der Waals surface area contributed by atoms with Gasteiger partial charge in [0, 0.05) is 5.69 Å². The number of carbonyl (C=O) groups excluding carboxylic acids is 2. The molecule has 23 heavy (non-hydrogen) atoms. The number of hydrogen-bond acceptors (Lipinski definition) is 5. The number of esters is 1. The normalized spacial score (nSPS) is 9.57. The fourth-order valence-electron chi connectivity index (χ4n) is 1.96. The molecule has 116 valence electrons. The first-order valence-corrected chi connectivity index (χ1v) is 6.85. The lowest BCUT2D eigenvalue weighted by Gasteiger charge is -2.10. The maximum atomic E-state index is 12.0. The quantitative estimate of drug-likeness (QED) is 0.828. The van der Waals surface area contributed by atoms with E-state index in [2.05, 4.69) is 15.4 Å². The van der Waals surface area contributed by atoms with Crippen LogP contribution >= 0.6 is 0 Å². The van der Waals surface area contributed by atoms with Gasteiger partial charge in [0.15, 0.2) is 0 Å². The predicted molar refractivity (Wildman–Crippen MR) is 86.1 cm³/mol. The van der Waals surface area contributed by atoms with Crippen molar-refractivity contribution in [2.24, 2.45) is 0 Å².